The van der Waals surface area contributed by atoms with E-state index in [1.807, 2.05) is 0 Å². The van der Waals surface area contributed by atoms with Crippen molar-refractivity contribution in [1.29, 1.82) is 0 Å². The molecule has 0 radical (unpaired) electrons. The second-order valence-electron chi connectivity index (χ2n) is 4.92. The average Bonchev–Trinajstić information content (AvgIpc) is 2.20. The predicted octanol–water partition coefficient (Wildman–Crippen LogP) is 2.40. The molecule has 2 unspecified atom stereocenters. The van der Waals surface area contributed by atoms with E-state index in [0.29, 0.717) is 11.7 Å². The molecule has 0 heterocycles. The third kappa shape index (κ3) is 0.908. The van der Waals surface area contributed by atoms with Crippen LogP contribution in [-0.2, 0) is 24.3 Å². The smallest absolute Gasteiger partial charge is 0.139 e. The van der Waals surface area contributed by atoms with Gasteiger partial charge in [-0.3, -0.25) is 4.79 Å². The zero-order valence-electron chi connectivity index (χ0n) is 7.96. The van der Waals surface area contributed by atoms with Crippen molar-refractivity contribution in [2.24, 2.45) is 16.7 Å². The van der Waals surface area contributed by atoms with Gasteiger partial charge in [0.2, 0.25) is 0 Å². The number of hydrogen-bond acceptors (Lipinski definition) is 1. The minimum atomic E-state index is 0. The Morgan fingerprint density at radius 3 is 2.08 bits per heavy atom. The number of carbonyl (C=O) groups is 1. The van der Waals surface area contributed by atoms with Crippen LogP contribution < -0.4 is 0 Å². The Labute approximate surface area is 87.1 Å². The molecule has 0 saturated heterocycles. The standard InChI is InChI=1S/C10H16O.Ru/c1-9(2)7-4-5-10(9,3)8(11)6-7;/h7H,4-6H2,1-3H3;. The Hall–Kier alpha value is 0.293. The van der Waals surface area contributed by atoms with Gasteiger partial charge in [-0.1, -0.05) is 20.8 Å². The summed E-state index contributed by atoms with van der Waals surface area (Å²) in [6, 6.07) is 0. The maximum absolute atomic E-state index is 11.6. The summed E-state index contributed by atoms with van der Waals surface area (Å²) >= 11 is 0. The molecule has 2 fully saturated rings. The third-order valence-electron chi connectivity index (χ3n) is 4.48. The topological polar surface area (TPSA) is 17.1 Å². The number of ketones is 1. The van der Waals surface area contributed by atoms with Gasteiger partial charge in [-0.25, -0.2) is 0 Å². The van der Waals surface area contributed by atoms with E-state index in [1.54, 1.807) is 0 Å². The van der Waals surface area contributed by atoms with E-state index in [0.717, 1.165) is 12.8 Å². The monoisotopic (exact) mass is 254 g/mol. The summed E-state index contributed by atoms with van der Waals surface area (Å²) in [7, 11) is 0. The van der Waals surface area contributed by atoms with E-state index in [2.05, 4.69) is 20.8 Å². The fourth-order valence-electron chi connectivity index (χ4n) is 2.90. The molecule has 0 aromatic heterocycles. The maximum atomic E-state index is 11.6. The molecule has 0 N–H and O–H groups in total. The van der Waals surface area contributed by atoms with Gasteiger partial charge in [-0.15, -0.1) is 0 Å². The Kier molecular flexibility index (Phi) is 2.28. The van der Waals surface area contributed by atoms with Crippen LogP contribution in [0, 0.1) is 16.7 Å². The molecule has 2 rings (SSSR count). The van der Waals surface area contributed by atoms with Gasteiger partial charge in [0.25, 0.3) is 0 Å². The zero-order chi connectivity index (χ0) is 8.28. The summed E-state index contributed by atoms with van der Waals surface area (Å²) in [5.41, 5.74) is 0.307. The fraction of sp³-hybridized carbons (Fsp3) is 0.900. The minimum absolute atomic E-state index is 0. The number of Topliss-reactive ketones (excluding diaryl/α,β-unsaturated/α-hetero) is 1. The van der Waals surface area contributed by atoms with E-state index in [9.17, 15) is 4.79 Å². The minimum Gasteiger partial charge on any atom is -0.299 e. The largest absolute Gasteiger partial charge is 0.299 e. The summed E-state index contributed by atoms with van der Waals surface area (Å²) in [5, 5.41) is 0. The molecule has 0 aliphatic heterocycles. The molecule has 2 atom stereocenters. The molecule has 0 aromatic carbocycles. The molecule has 2 heteroatoms. The zero-order valence-corrected chi connectivity index (χ0v) is 9.70. The molecule has 2 bridgehead atoms. The van der Waals surface area contributed by atoms with Crippen LogP contribution in [-0.4, -0.2) is 5.78 Å². The van der Waals surface area contributed by atoms with Crippen LogP contribution in [0.25, 0.3) is 0 Å². The van der Waals surface area contributed by atoms with Crippen LogP contribution in [0.2, 0.25) is 0 Å². The molecule has 1 nitrogen and oxygen atoms in total. The molecule has 0 amide bonds. The molecule has 0 aromatic rings. The SMILES string of the molecule is CC12CCC(CC1=O)C2(C)C.[Ru]. The maximum Gasteiger partial charge on any atom is 0.139 e. The molecule has 0 spiro atoms. The summed E-state index contributed by atoms with van der Waals surface area (Å²) in [6.07, 6.45) is 3.25. The molecule has 2 aliphatic carbocycles. The van der Waals surface area contributed by atoms with Gasteiger partial charge >= 0.3 is 0 Å². The number of rotatable bonds is 0. The van der Waals surface area contributed by atoms with Gasteiger partial charge in [-0.2, -0.15) is 0 Å². The van der Waals surface area contributed by atoms with Crippen molar-refractivity contribution >= 4 is 5.78 Å². The van der Waals surface area contributed by atoms with Crippen LogP contribution in [0.15, 0.2) is 0 Å². The fourth-order valence-corrected chi connectivity index (χ4v) is 2.90. The van der Waals surface area contributed by atoms with Crippen LogP contribution in [0.4, 0.5) is 0 Å². The van der Waals surface area contributed by atoms with Gasteiger partial charge < -0.3 is 0 Å². The van der Waals surface area contributed by atoms with Gasteiger partial charge in [0.1, 0.15) is 5.78 Å². The first-order valence-electron chi connectivity index (χ1n) is 4.52. The number of hydrogen-bond donors (Lipinski definition) is 0. The third-order valence-corrected chi connectivity index (χ3v) is 4.48. The molecule has 2 saturated carbocycles. The van der Waals surface area contributed by atoms with Gasteiger partial charge in [0, 0.05) is 31.3 Å². The van der Waals surface area contributed by atoms with Crippen LogP contribution in [0.3, 0.4) is 0 Å². The first-order valence-corrected chi connectivity index (χ1v) is 4.52. The summed E-state index contributed by atoms with van der Waals surface area (Å²) in [4.78, 5) is 11.6. The van der Waals surface area contributed by atoms with Crippen molar-refractivity contribution < 1.29 is 24.3 Å². The molecular weight excluding hydrogens is 237 g/mol. The predicted molar refractivity (Wildman–Crippen MR) is 44.2 cm³/mol. The van der Waals surface area contributed by atoms with Crippen molar-refractivity contribution in [3.05, 3.63) is 0 Å². The van der Waals surface area contributed by atoms with Gasteiger partial charge in [0.05, 0.1) is 0 Å². The number of fused-ring (bicyclic) bond motifs is 2. The Bertz CT molecular complexity index is 222. The summed E-state index contributed by atoms with van der Waals surface area (Å²) in [5.74, 6) is 1.19. The molecule has 2 aliphatic rings. The van der Waals surface area contributed by atoms with Crippen molar-refractivity contribution in [3.63, 3.8) is 0 Å². The van der Waals surface area contributed by atoms with Crippen LogP contribution in [0.1, 0.15) is 40.0 Å². The Morgan fingerprint density at radius 1 is 1.33 bits per heavy atom. The first kappa shape index (κ1) is 10.4. The van der Waals surface area contributed by atoms with E-state index in [4.69, 9.17) is 0 Å². The van der Waals surface area contributed by atoms with Gasteiger partial charge in [-0.05, 0) is 24.2 Å². The van der Waals surface area contributed by atoms with E-state index in [1.165, 1.54) is 6.42 Å². The van der Waals surface area contributed by atoms with E-state index in [-0.39, 0.29) is 30.3 Å². The van der Waals surface area contributed by atoms with Crippen molar-refractivity contribution in [2.75, 3.05) is 0 Å². The second-order valence-corrected chi connectivity index (χ2v) is 4.92. The van der Waals surface area contributed by atoms with Gasteiger partial charge in [0.15, 0.2) is 0 Å². The van der Waals surface area contributed by atoms with Crippen molar-refractivity contribution in [2.45, 2.75) is 40.0 Å². The van der Waals surface area contributed by atoms with Crippen LogP contribution >= 0.6 is 0 Å². The second kappa shape index (κ2) is 2.64. The molecule has 70 valence electrons. The quantitative estimate of drug-likeness (QED) is 0.606. The molecular formula is C10H16ORu. The Morgan fingerprint density at radius 2 is 1.92 bits per heavy atom. The first-order chi connectivity index (χ1) is 4.98. The van der Waals surface area contributed by atoms with Crippen molar-refractivity contribution in [1.82, 2.24) is 0 Å². The Balaban J connectivity index is 0.000000720. The normalized spacial score (nSPS) is 42.9. The number of carbonyl (C=O) groups excluding carboxylic acids is 1. The van der Waals surface area contributed by atoms with Crippen LogP contribution in [0.5, 0.6) is 0 Å². The van der Waals surface area contributed by atoms with E-state index >= 15 is 0 Å². The summed E-state index contributed by atoms with van der Waals surface area (Å²) < 4.78 is 0. The summed E-state index contributed by atoms with van der Waals surface area (Å²) in [6.45, 7) is 6.67. The van der Waals surface area contributed by atoms with E-state index < -0.39 is 0 Å². The van der Waals surface area contributed by atoms with Crippen molar-refractivity contribution in [3.8, 4) is 0 Å². The average molecular weight is 253 g/mol. The molecule has 12 heavy (non-hydrogen) atoms.